The molecule has 0 radical (unpaired) electrons. The van der Waals surface area contributed by atoms with Gasteiger partial charge in [-0.05, 0) is 37.5 Å². The lowest BCUT2D eigenvalue weighted by molar-refractivity contribution is -0.135. The molecule has 142 valence electrons. The third-order valence-electron chi connectivity index (χ3n) is 3.39. The zero-order valence-corrected chi connectivity index (χ0v) is 14.9. The van der Waals surface area contributed by atoms with Gasteiger partial charge in [-0.25, -0.2) is 4.99 Å². The average molecular weight is 361 g/mol. The van der Waals surface area contributed by atoms with Crippen molar-refractivity contribution in [3.8, 4) is 11.5 Å². The molecule has 1 aromatic rings. The van der Waals surface area contributed by atoms with Crippen LogP contribution in [0.3, 0.4) is 0 Å². The van der Waals surface area contributed by atoms with Gasteiger partial charge in [0.15, 0.2) is 17.5 Å². The van der Waals surface area contributed by atoms with E-state index in [0.29, 0.717) is 43.5 Å². The van der Waals surface area contributed by atoms with Crippen LogP contribution in [0.1, 0.15) is 31.7 Å². The van der Waals surface area contributed by atoms with Crippen molar-refractivity contribution >= 4 is 5.96 Å². The minimum atomic E-state index is -4.09. The quantitative estimate of drug-likeness (QED) is 0.402. The zero-order valence-electron chi connectivity index (χ0n) is 14.9. The van der Waals surface area contributed by atoms with E-state index in [2.05, 4.69) is 15.6 Å². The van der Waals surface area contributed by atoms with Crippen LogP contribution >= 0.6 is 0 Å². The van der Waals surface area contributed by atoms with Crippen LogP contribution in [0.2, 0.25) is 0 Å². The molecule has 0 spiro atoms. The fourth-order valence-corrected chi connectivity index (χ4v) is 2.15. The van der Waals surface area contributed by atoms with E-state index in [9.17, 15) is 13.2 Å². The van der Waals surface area contributed by atoms with Crippen LogP contribution in [0, 0.1) is 0 Å². The largest absolute Gasteiger partial charge is 0.493 e. The Kier molecular flexibility index (Phi) is 8.94. The second-order valence-electron chi connectivity index (χ2n) is 5.38. The highest BCUT2D eigenvalue weighted by Gasteiger charge is 2.25. The minimum absolute atomic E-state index is 0.103. The fraction of sp³-hybridized carbons (Fsp3) is 0.588. The molecule has 25 heavy (non-hydrogen) atoms. The van der Waals surface area contributed by atoms with Crippen molar-refractivity contribution in [2.75, 3.05) is 27.3 Å². The van der Waals surface area contributed by atoms with E-state index in [0.717, 1.165) is 5.56 Å². The molecule has 0 unspecified atom stereocenters. The fourth-order valence-electron chi connectivity index (χ4n) is 2.15. The number of hydrogen-bond donors (Lipinski definition) is 2. The summed E-state index contributed by atoms with van der Waals surface area (Å²) in [6.07, 6.45) is -4.31. The number of nitrogens with one attached hydrogen (secondary N) is 2. The lowest BCUT2D eigenvalue weighted by Crippen LogP contribution is -2.37. The van der Waals surface area contributed by atoms with Gasteiger partial charge < -0.3 is 20.1 Å². The number of unbranched alkanes of at least 4 members (excludes halogenated alkanes) is 1. The van der Waals surface area contributed by atoms with E-state index >= 15 is 0 Å². The maximum atomic E-state index is 12.1. The molecule has 1 aromatic carbocycles. The molecule has 1 rings (SSSR count). The highest BCUT2D eigenvalue weighted by molar-refractivity contribution is 5.79. The molecule has 5 nitrogen and oxygen atoms in total. The Morgan fingerprint density at radius 2 is 1.80 bits per heavy atom. The van der Waals surface area contributed by atoms with Crippen LogP contribution < -0.4 is 20.1 Å². The van der Waals surface area contributed by atoms with Gasteiger partial charge in [0.25, 0.3) is 0 Å². The van der Waals surface area contributed by atoms with Crippen molar-refractivity contribution in [1.29, 1.82) is 0 Å². The first-order valence-electron chi connectivity index (χ1n) is 8.19. The van der Waals surface area contributed by atoms with Crippen molar-refractivity contribution in [3.05, 3.63) is 23.8 Å². The van der Waals surface area contributed by atoms with E-state index < -0.39 is 12.6 Å². The standard InChI is InChI=1S/C17H26F3N3O2/c1-4-21-16(22-10-6-5-9-17(18,19)20)23-12-13-7-8-14(24-2)15(11-13)25-3/h7-8,11H,4-6,9-10,12H2,1-3H3,(H2,21,22,23). The lowest BCUT2D eigenvalue weighted by atomic mass is 10.2. The van der Waals surface area contributed by atoms with Crippen molar-refractivity contribution < 1.29 is 22.6 Å². The Balaban J connectivity index is 2.54. The molecule has 0 heterocycles. The molecule has 0 saturated carbocycles. The Bertz CT molecular complexity index is 548. The maximum Gasteiger partial charge on any atom is 0.389 e. The SMILES string of the molecule is CCNC(=NCc1ccc(OC)c(OC)c1)NCCCCC(F)(F)F. The van der Waals surface area contributed by atoms with Gasteiger partial charge in [-0.15, -0.1) is 0 Å². The highest BCUT2D eigenvalue weighted by Crippen LogP contribution is 2.27. The van der Waals surface area contributed by atoms with Gasteiger partial charge in [0.2, 0.25) is 0 Å². The third-order valence-corrected chi connectivity index (χ3v) is 3.39. The number of halogens is 3. The topological polar surface area (TPSA) is 54.9 Å². The van der Waals surface area contributed by atoms with Crippen molar-refractivity contribution in [2.24, 2.45) is 4.99 Å². The predicted octanol–water partition coefficient (Wildman–Crippen LogP) is 3.49. The number of guanidine groups is 1. The first-order valence-corrected chi connectivity index (χ1v) is 8.19. The summed E-state index contributed by atoms with van der Waals surface area (Å²) in [4.78, 5) is 4.44. The monoisotopic (exact) mass is 361 g/mol. The number of benzene rings is 1. The van der Waals surface area contributed by atoms with Gasteiger partial charge in [-0.3, -0.25) is 0 Å². The first kappa shape index (κ1) is 20.9. The molecule has 0 amide bonds. The van der Waals surface area contributed by atoms with Gasteiger partial charge in [0.1, 0.15) is 0 Å². The molecule has 0 fully saturated rings. The molecular weight excluding hydrogens is 335 g/mol. The summed E-state index contributed by atoms with van der Waals surface area (Å²) in [6, 6.07) is 5.54. The number of alkyl halides is 3. The third kappa shape index (κ3) is 8.51. The van der Waals surface area contributed by atoms with Crippen LogP contribution in [0.4, 0.5) is 13.2 Å². The van der Waals surface area contributed by atoms with Crippen molar-refractivity contribution in [2.45, 2.75) is 38.9 Å². The van der Waals surface area contributed by atoms with E-state index in [-0.39, 0.29) is 6.42 Å². The lowest BCUT2D eigenvalue weighted by Gasteiger charge is -2.12. The molecular formula is C17H26F3N3O2. The number of rotatable bonds is 9. The molecule has 0 bridgehead atoms. The molecule has 2 N–H and O–H groups in total. The second-order valence-corrected chi connectivity index (χ2v) is 5.38. The Hall–Kier alpha value is -2.12. The summed E-state index contributed by atoms with van der Waals surface area (Å²) < 4.78 is 46.8. The number of methoxy groups -OCH3 is 2. The van der Waals surface area contributed by atoms with Gasteiger partial charge in [0.05, 0.1) is 20.8 Å². The minimum Gasteiger partial charge on any atom is -0.493 e. The number of aliphatic imine (C=N–C) groups is 1. The Morgan fingerprint density at radius 1 is 1.08 bits per heavy atom. The normalized spacial score (nSPS) is 12.0. The summed E-state index contributed by atoms with van der Waals surface area (Å²) in [7, 11) is 3.14. The number of ether oxygens (including phenoxy) is 2. The summed E-state index contributed by atoms with van der Waals surface area (Å²) in [5, 5.41) is 6.12. The maximum absolute atomic E-state index is 12.1. The molecule has 0 saturated heterocycles. The Labute approximate surface area is 146 Å². The zero-order chi connectivity index (χ0) is 18.7. The van der Waals surface area contributed by atoms with Gasteiger partial charge >= 0.3 is 6.18 Å². The number of hydrogen-bond acceptors (Lipinski definition) is 3. The smallest absolute Gasteiger partial charge is 0.389 e. The first-order chi connectivity index (χ1) is 11.9. The van der Waals surface area contributed by atoms with Gasteiger partial charge in [0, 0.05) is 19.5 Å². The summed E-state index contributed by atoms with van der Waals surface area (Å²) >= 11 is 0. The summed E-state index contributed by atoms with van der Waals surface area (Å²) in [6.45, 7) is 3.45. The predicted molar refractivity (Wildman–Crippen MR) is 92.3 cm³/mol. The molecule has 0 aliphatic carbocycles. The second kappa shape index (κ2) is 10.7. The van der Waals surface area contributed by atoms with E-state index in [4.69, 9.17) is 9.47 Å². The molecule has 0 aliphatic heterocycles. The highest BCUT2D eigenvalue weighted by atomic mass is 19.4. The van der Waals surface area contributed by atoms with E-state index in [1.807, 2.05) is 19.1 Å². The van der Waals surface area contributed by atoms with Crippen LogP contribution in [-0.2, 0) is 6.54 Å². The molecule has 0 aromatic heterocycles. The van der Waals surface area contributed by atoms with Gasteiger partial charge in [-0.2, -0.15) is 13.2 Å². The molecule has 0 aliphatic rings. The Morgan fingerprint density at radius 3 is 2.40 bits per heavy atom. The van der Waals surface area contributed by atoms with E-state index in [1.165, 1.54) is 0 Å². The van der Waals surface area contributed by atoms with Crippen LogP contribution in [-0.4, -0.2) is 39.4 Å². The van der Waals surface area contributed by atoms with Crippen LogP contribution in [0.15, 0.2) is 23.2 Å². The van der Waals surface area contributed by atoms with E-state index in [1.54, 1.807) is 20.3 Å². The number of nitrogens with zero attached hydrogens (tertiary/aromatic N) is 1. The van der Waals surface area contributed by atoms with Crippen molar-refractivity contribution in [3.63, 3.8) is 0 Å². The van der Waals surface area contributed by atoms with Gasteiger partial charge in [-0.1, -0.05) is 6.07 Å². The summed E-state index contributed by atoms with van der Waals surface area (Å²) in [5.74, 6) is 1.84. The van der Waals surface area contributed by atoms with Crippen molar-refractivity contribution in [1.82, 2.24) is 10.6 Å². The summed E-state index contributed by atoms with van der Waals surface area (Å²) in [5.41, 5.74) is 0.937. The molecule has 0 atom stereocenters. The molecule has 8 heteroatoms. The van der Waals surface area contributed by atoms with Crippen LogP contribution in [0.25, 0.3) is 0 Å². The van der Waals surface area contributed by atoms with Crippen LogP contribution in [0.5, 0.6) is 11.5 Å². The average Bonchev–Trinajstić information content (AvgIpc) is 2.57.